The van der Waals surface area contributed by atoms with Gasteiger partial charge in [0.25, 0.3) is 5.92 Å². The van der Waals surface area contributed by atoms with Crippen molar-refractivity contribution >= 4 is 5.91 Å². The van der Waals surface area contributed by atoms with Crippen molar-refractivity contribution in [3.8, 4) is 0 Å². The number of aliphatic hydroxyl groups excluding tert-OH is 2. The van der Waals surface area contributed by atoms with E-state index < -0.39 is 24.5 Å². The third-order valence-corrected chi connectivity index (χ3v) is 2.24. The van der Waals surface area contributed by atoms with Gasteiger partial charge in [0.15, 0.2) is 0 Å². The van der Waals surface area contributed by atoms with Gasteiger partial charge >= 0.3 is 0 Å². The molecule has 0 aromatic carbocycles. The molecule has 0 saturated carbocycles. The van der Waals surface area contributed by atoms with Gasteiger partial charge in [0.1, 0.15) is 6.10 Å². The van der Waals surface area contributed by atoms with Crippen LogP contribution < -0.4 is 0 Å². The van der Waals surface area contributed by atoms with Gasteiger partial charge in [-0.1, -0.05) is 0 Å². The number of likely N-dealkylation sites (tertiary alicyclic amines) is 1. The van der Waals surface area contributed by atoms with Crippen LogP contribution in [0.1, 0.15) is 12.8 Å². The van der Waals surface area contributed by atoms with Crippen LogP contribution in [0.5, 0.6) is 0 Å². The van der Waals surface area contributed by atoms with E-state index in [9.17, 15) is 13.6 Å². The number of nitrogens with zero attached hydrogens (tertiary/aromatic N) is 1. The first-order chi connectivity index (χ1) is 6.47. The molecular formula is C8H13F2NO3. The zero-order chi connectivity index (χ0) is 10.8. The van der Waals surface area contributed by atoms with Gasteiger partial charge in [-0.2, -0.15) is 0 Å². The lowest BCUT2D eigenvalue weighted by atomic mass is 10.0. The predicted molar refractivity (Wildman–Crippen MR) is 43.9 cm³/mol. The van der Waals surface area contributed by atoms with Crippen LogP contribution >= 0.6 is 0 Å². The predicted octanol–water partition coefficient (Wildman–Crippen LogP) is -0.403. The molecule has 6 heteroatoms. The Morgan fingerprint density at radius 3 is 2.71 bits per heavy atom. The van der Waals surface area contributed by atoms with E-state index in [0.717, 1.165) is 4.90 Å². The molecular weight excluding hydrogens is 196 g/mol. The quantitative estimate of drug-likeness (QED) is 0.650. The fourth-order valence-electron chi connectivity index (χ4n) is 1.39. The van der Waals surface area contributed by atoms with Crippen molar-refractivity contribution in [3.63, 3.8) is 0 Å². The number of amides is 1. The number of alkyl halides is 2. The molecule has 1 aliphatic heterocycles. The Morgan fingerprint density at radius 2 is 2.21 bits per heavy atom. The summed E-state index contributed by atoms with van der Waals surface area (Å²) in [7, 11) is 0. The zero-order valence-electron chi connectivity index (χ0n) is 7.62. The molecule has 0 unspecified atom stereocenters. The lowest BCUT2D eigenvalue weighted by Crippen LogP contribution is -2.53. The molecule has 2 N–H and O–H groups in total. The van der Waals surface area contributed by atoms with Crippen molar-refractivity contribution in [2.45, 2.75) is 24.9 Å². The highest BCUT2D eigenvalue weighted by Gasteiger charge is 2.44. The number of carbonyl (C=O) groups excluding carboxylic acids is 1. The molecule has 0 aromatic heterocycles. The third kappa shape index (κ3) is 2.39. The fourth-order valence-corrected chi connectivity index (χ4v) is 1.39. The van der Waals surface area contributed by atoms with E-state index in [0.29, 0.717) is 0 Å². The third-order valence-electron chi connectivity index (χ3n) is 2.24. The van der Waals surface area contributed by atoms with Crippen LogP contribution in [0.15, 0.2) is 0 Å². The smallest absolute Gasteiger partial charge is 0.290 e. The molecule has 1 aliphatic rings. The average Bonchev–Trinajstić information content (AvgIpc) is 2.10. The van der Waals surface area contributed by atoms with Crippen LogP contribution in [0.2, 0.25) is 0 Å². The molecule has 0 aliphatic carbocycles. The Kier molecular flexibility index (Phi) is 3.38. The summed E-state index contributed by atoms with van der Waals surface area (Å²) in [4.78, 5) is 12.1. The fraction of sp³-hybridized carbons (Fsp3) is 0.875. The second kappa shape index (κ2) is 4.18. The summed E-state index contributed by atoms with van der Waals surface area (Å²) in [6.07, 6.45) is -1.93. The van der Waals surface area contributed by atoms with Crippen LogP contribution in [0.3, 0.4) is 0 Å². The number of hydrogen-bond acceptors (Lipinski definition) is 3. The second-order valence-corrected chi connectivity index (χ2v) is 3.35. The highest BCUT2D eigenvalue weighted by atomic mass is 19.3. The summed E-state index contributed by atoms with van der Waals surface area (Å²) in [5.74, 6) is -3.73. The molecule has 4 nitrogen and oxygen atoms in total. The molecule has 0 radical (unpaired) electrons. The van der Waals surface area contributed by atoms with Crippen molar-refractivity contribution in [3.05, 3.63) is 0 Å². The number of carbonyl (C=O) groups is 1. The SMILES string of the molecule is O=C(CCO)N1CC[C@H](O)C(F)(F)C1. The maximum absolute atomic E-state index is 12.9. The van der Waals surface area contributed by atoms with Crippen molar-refractivity contribution in [2.24, 2.45) is 0 Å². The van der Waals surface area contributed by atoms with Crippen LogP contribution in [-0.4, -0.2) is 52.7 Å². The van der Waals surface area contributed by atoms with Gasteiger partial charge in [-0.25, -0.2) is 8.78 Å². The molecule has 82 valence electrons. The zero-order valence-corrected chi connectivity index (χ0v) is 7.62. The minimum atomic E-state index is -3.23. The summed E-state index contributed by atoms with van der Waals surface area (Å²) < 4.78 is 25.9. The van der Waals surface area contributed by atoms with Crippen LogP contribution in [0, 0.1) is 0 Å². The molecule has 0 spiro atoms. The first-order valence-electron chi connectivity index (χ1n) is 4.42. The van der Waals surface area contributed by atoms with Gasteiger partial charge in [0.05, 0.1) is 13.2 Å². The molecule has 1 fully saturated rings. The van der Waals surface area contributed by atoms with E-state index in [1.54, 1.807) is 0 Å². The first kappa shape index (κ1) is 11.3. The highest BCUT2D eigenvalue weighted by Crippen LogP contribution is 2.27. The van der Waals surface area contributed by atoms with Crippen LogP contribution in [0.4, 0.5) is 8.78 Å². The van der Waals surface area contributed by atoms with Gasteiger partial charge in [0, 0.05) is 13.0 Å². The number of aliphatic hydroxyl groups is 2. The van der Waals surface area contributed by atoms with Crippen molar-refractivity contribution in [1.82, 2.24) is 4.90 Å². The molecule has 0 aromatic rings. The Morgan fingerprint density at radius 1 is 1.57 bits per heavy atom. The summed E-state index contributed by atoms with van der Waals surface area (Å²) in [5.41, 5.74) is 0. The first-order valence-corrected chi connectivity index (χ1v) is 4.42. The van der Waals surface area contributed by atoms with E-state index in [4.69, 9.17) is 10.2 Å². The standard InChI is InChI=1S/C8H13F2NO3/c9-8(10)5-11(3-1-6(8)13)7(14)2-4-12/h6,12-13H,1-5H2/t6-/m0/s1. The molecule has 14 heavy (non-hydrogen) atoms. The number of halogens is 2. The highest BCUT2D eigenvalue weighted by molar-refractivity contribution is 5.76. The van der Waals surface area contributed by atoms with Crippen LogP contribution in [0.25, 0.3) is 0 Å². The van der Waals surface area contributed by atoms with E-state index in [1.807, 2.05) is 0 Å². The Balaban J connectivity index is 2.55. The molecule has 1 heterocycles. The lowest BCUT2D eigenvalue weighted by molar-refractivity contribution is -0.165. The van der Waals surface area contributed by atoms with Crippen LogP contribution in [-0.2, 0) is 4.79 Å². The molecule has 1 amide bonds. The van der Waals surface area contributed by atoms with Crippen molar-refractivity contribution in [1.29, 1.82) is 0 Å². The van der Waals surface area contributed by atoms with E-state index in [2.05, 4.69) is 0 Å². The largest absolute Gasteiger partial charge is 0.396 e. The minimum absolute atomic E-state index is 0.121. The number of rotatable bonds is 2. The van der Waals surface area contributed by atoms with Gasteiger partial charge in [0.2, 0.25) is 5.91 Å². The van der Waals surface area contributed by atoms with Crippen molar-refractivity contribution in [2.75, 3.05) is 19.7 Å². The molecule has 1 rings (SSSR count). The molecule has 1 atom stereocenters. The van der Waals surface area contributed by atoms with Gasteiger partial charge < -0.3 is 15.1 Å². The lowest BCUT2D eigenvalue weighted by Gasteiger charge is -2.35. The monoisotopic (exact) mass is 209 g/mol. The minimum Gasteiger partial charge on any atom is -0.396 e. The molecule has 0 bridgehead atoms. The van der Waals surface area contributed by atoms with E-state index >= 15 is 0 Å². The Bertz CT molecular complexity index is 223. The summed E-state index contributed by atoms with van der Waals surface area (Å²) in [6.45, 7) is -0.980. The van der Waals surface area contributed by atoms with Gasteiger partial charge in [-0.05, 0) is 6.42 Å². The topological polar surface area (TPSA) is 60.8 Å². The number of hydrogen-bond donors (Lipinski definition) is 2. The van der Waals surface area contributed by atoms with E-state index in [-0.39, 0.29) is 26.0 Å². The normalized spacial score (nSPS) is 26.3. The van der Waals surface area contributed by atoms with E-state index in [1.165, 1.54) is 0 Å². The summed E-state index contributed by atoms with van der Waals surface area (Å²) in [6, 6.07) is 0. The Hall–Kier alpha value is -0.750. The maximum Gasteiger partial charge on any atom is 0.290 e. The summed E-state index contributed by atoms with van der Waals surface area (Å²) >= 11 is 0. The number of piperidine rings is 1. The second-order valence-electron chi connectivity index (χ2n) is 3.35. The summed E-state index contributed by atoms with van der Waals surface area (Å²) in [5, 5.41) is 17.4. The average molecular weight is 209 g/mol. The van der Waals surface area contributed by atoms with Crippen molar-refractivity contribution < 1.29 is 23.8 Å². The maximum atomic E-state index is 12.9. The molecule has 1 saturated heterocycles. The van der Waals surface area contributed by atoms with Gasteiger partial charge in [-0.3, -0.25) is 4.79 Å². The van der Waals surface area contributed by atoms with Gasteiger partial charge in [-0.15, -0.1) is 0 Å². The Labute approximate surface area is 80.1 Å².